The second-order valence-corrected chi connectivity index (χ2v) is 4.45. The van der Waals surface area contributed by atoms with Gasteiger partial charge < -0.3 is 10.5 Å². The first kappa shape index (κ1) is 12.7. The molecular formula is C11H9F3N2OS. The summed E-state index contributed by atoms with van der Waals surface area (Å²) >= 11 is 1.32. The molecule has 3 nitrogen and oxygen atoms in total. The van der Waals surface area contributed by atoms with Crippen molar-refractivity contribution in [3.8, 4) is 5.75 Å². The van der Waals surface area contributed by atoms with Gasteiger partial charge in [-0.05, 0) is 18.2 Å². The maximum absolute atomic E-state index is 12.7. The lowest BCUT2D eigenvalue weighted by atomic mass is 10.1. The predicted octanol–water partition coefficient (Wildman–Crippen LogP) is 3.32. The van der Waals surface area contributed by atoms with E-state index < -0.39 is 11.7 Å². The summed E-state index contributed by atoms with van der Waals surface area (Å²) in [4.78, 5) is 3.93. The highest BCUT2D eigenvalue weighted by molar-refractivity contribution is 7.09. The first-order chi connectivity index (χ1) is 8.47. The van der Waals surface area contributed by atoms with Crippen LogP contribution in [0.25, 0.3) is 0 Å². The van der Waals surface area contributed by atoms with Crippen molar-refractivity contribution in [1.82, 2.24) is 4.98 Å². The maximum atomic E-state index is 12.7. The van der Waals surface area contributed by atoms with Crippen molar-refractivity contribution in [2.45, 2.75) is 12.8 Å². The number of hydrogen-bond donors (Lipinski definition) is 1. The van der Waals surface area contributed by atoms with Gasteiger partial charge in [-0.2, -0.15) is 13.2 Å². The molecule has 18 heavy (non-hydrogen) atoms. The Morgan fingerprint density at radius 1 is 1.33 bits per heavy atom. The van der Waals surface area contributed by atoms with E-state index in [1.165, 1.54) is 23.5 Å². The number of benzene rings is 1. The molecular weight excluding hydrogens is 265 g/mol. The number of nitrogens with two attached hydrogens (primary N) is 1. The van der Waals surface area contributed by atoms with Gasteiger partial charge in [0.05, 0.1) is 5.56 Å². The number of halogens is 3. The highest BCUT2D eigenvalue weighted by Gasteiger charge is 2.34. The molecule has 1 aromatic carbocycles. The van der Waals surface area contributed by atoms with E-state index in [1.807, 2.05) is 0 Å². The van der Waals surface area contributed by atoms with E-state index in [0.717, 1.165) is 6.07 Å². The molecule has 2 N–H and O–H groups in total. The van der Waals surface area contributed by atoms with Crippen LogP contribution in [0.5, 0.6) is 5.75 Å². The Kier molecular flexibility index (Phi) is 3.42. The molecule has 0 fully saturated rings. The van der Waals surface area contributed by atoms with Crippen molar-refractivity contribution in [3.05, 3.63) is 40.3 Å². The van der Waals surface area contributed by atoms with Crippen LogP contribution in [0.15, 0.2) is 29.8 Å². The van der Waals surface area contributed by atoms with E-state index in [0.29, 0.717) is 5.01 Å². The molecule has 7 heteroatoms. The summed E-state index contributed by atoms with van der Waals surface area (Å²) in [5.41, 5.74) is 4.52. The second kappa shape index (κ2) is 4.85. The third-order valence-corrected chi connectivity index (χ3v) is 2.90. The maximum Gasteiger partial charge on any atom is 0.420 e. The number of anilines is 1. The number of ether oxygens (including phenoxy) is 1. The smallest absolute Gasteiger partial charge is 0.420 e. The van der Waals surface area contributed by atoms with E-state index in [2.05, 4.69) is 4.98 Å². The van der Waals surface area contributed by atoms with Crippen molar-refractivity contribution in [2.75, 3.05) is 5.73 Å². The number of nitrogen functional groups attached to an aromatic ring is 1. The van der Waals surface area contributed by atoms with Crippen LogP contribution in [0.2, 0.25) is 0 Å². The van der Waals surface area contributed by atoms with Gasteiger partial charge in [-0.1, -0.05) is 0 Å². The first-order valence-electron chi connectivity index (χ1n) is 4.94. The minimum absolute atomic E-state index is 0.00463. The van der Waals surface area contributed by atoms with Gasteiger partial charge in [-0.15, -0.1) is 11.3 Å². The van der Waals surface area contributed by atoms with Crippen LogP contribution in [-0.4, -0.2) is 4.98 Å². The van der Waals surface area contributed by atoms with Gasteiger partial charge in [0.1, 0.15) is 17.4 Å². The average Bonchev–Trinajstić information content (AvgIpc) is 2.79. The molecule has 0 bridgehead atoms. The van der Waals surface area contributed by atoms with Gasteiger partial charge in [-0.25, -0.2) is 4.98 Å². The zero-order valence-electron chi connectivity index (χ0n) is 9.07. The number of hydrogen-bond acceptors (Lipinski definition) is 4. The molecule has 0 aliphatic carbocycles. The zero-order valence-corrected chi connectivity index (χ0v) is 9.89. The molecule has 1 aromatic heterocycles. The van der Waals surface area contributed by atoms with Crippen molar-refractivity contribution >= 4 is 17.0 Å². The summed E-state index contributed by atoms with van der Waals surface area (Å²) in [7, 11) is 0. The molecule has 96 valence electrons. The fraction of sp³-hybridized carbons (Fsp3) is 0.182. The Hall–Kier alpha value is -1.76. The Balaban J connectivity index is 2.22. The number of thiazole rings is 1. The van der Waals surface area contributed by atoms with Crippen LogP contribution < -0.4 is 10.5 Å². The minimum atomic E-state index is -4.49. The number of alkyl halides is 3. The fourth-order valence-corrected chi connectivity index (χ4v) is 1.89. The normalized spacial score (nSPS) is 11.5. The van der Waals surface area contributed by atoms with Crippen molar-refractivity contribution in [3.63, 3.8) is 0 Å². The summed E-state index contributed by atoms with van der Waals surface area (Å²) in [6, 6.07) is 3.44. The number of nitrogens with zero attached hydrogens (tertiary/aromatic N) is 1. The van der Waals surface area contributed by atoms with Crippen LogP contribution >= 0.6 is 11.3 Å². The monoisotopic (exact) mass is 274 g/mol. The average molecular weight is 274 g/mol. The van der Waals surface area contributed by atoms with Gasteiger partial charge >= 0.3 is 6.18 Å². The molecule has 0 radical (unpaired) electrons. The molecule has 0 atom stereocenters. The first-order valence-corrected chi connectivity index (χ1v) is 5.82. The standard InChI is InChI=1S/C11H9F3N2OS/c12-11(13,14)8-5-7(15)1-2-9(8)17-6-10-16-3-4-18-10/h1-5H,6,15H2. The molecule has 0 aliphatic rings. The quantitative estimate of drug-likeness (QED) is 0.873. The number of rotatable bonds is 3. The molecule has 2 rings (SSSR count). The number of aromatic nitrogens is 1. The molecule has 0 unspecified atom stereocenters. The predicted molar refractivity (Wildman–Crippen MR) is 62.3 cm³/mol. The second-order valence-electron chi connectivity index (χ2n) is 3.47. The van der Waals surface area contributed by atoms with E-state index in [4.69, 9.17) is 10.5 Å². The van der Waals surface area contributed by atoms with Crippen LogP contribution in [-0.2, 0) is 12.8 Å². The Labute approximate surface area is 105 Å². The summed E-state index contributed by atoms with van der Waals surface area (Å²) in [6.07, 6.45) is -2.93. The van der Waals surface area contributed by atoms with Crippen LogP contribution in [0, 0.1) is 0 Å². The summed E-state index contributed by atoms with van der Waals surface area (Å²) in [6.45, 7) is 0.00463. The Bertz CT molecular complexity index is 526. The Morgan fingerprint density at radius 2 is 2.11 bits per heavy atom. The summed E-state index contributed by atoms with van der Waals surface area (Å²) in [5, 5.41) is 2.34. The summed E-state index contributed by atoms with van der Waals surface area (Å²) < 4.78 is 43.4. The van der Waals surface area contributed by atoms with E-state index in [-0.39, 0.29) is 18.0 Å². The zero-order chi connectivity index (χ0) is 13.2. The fourth-order valence-electron chi connectivity index (χ4n) is 1.36. The van der Waals surface area contributed by atoms with Gasteiger partial charge in [0.15, 0.2) is 0 Å². The van der Waals surface area contributed by atoms with Gasteiger partial charge in [0, 0.05) is 17.3 Å². The molecule has 2 aromatic rings. The van der Waals surface area contributed by atoms with E-state index in [1.54, 1.807) is 11.6 Å². The minimum Gasteiger partial charge on any atom is -0.486 e. The van der Waals surface area contributed by atoms with Crippen molar-refractivity contribution in [1.29, 1.82) is 0 Å². The highest BCUT2D eigenvalue weighted by atomic mass is 32.1. The third kappa shape index (κ3) is 2.92. The molecule has 0 saturated carbocycles. The lowest BCUT2D eigenvalue weighted by molar-refractivity contribution is -0.139. The molecule has 0 spiro atoms. The lowest BCUT2D eigenvalue weighted by Crippen LogP contribution is -2.09. The molecule has 1 heterocycles. The van der Waals surface area contributed by atoms with Gasteiger partial charge in [0.25, 0.3) is 0 Å². The van der Waals surface area contributed by atoms with Crippen molar-refractivity contribution in [2.24, 2.45) is 0 Å². The van der Waals surface area contributed by atoms with Gasteiger partial charge in [0.2, 0.25) is 0 Å². The third-order valence-electron chi connectivity index (χ3n) is 2.14. The molecule has 0 aliphatic heterocycles. The topological polar surface area (TPSA) is 48.1 Å². The molecule has 0 amide bonds. The van der Waals surface area contributed by atoms with Crippen LogP contribution in [0.3, 0.4) is 0 Å². The van der Waals surface area contributed by atoms with Gasteiger partial charge in [-0.3, -0.25) is 0 Å². The van der Waals surface area contributed by atoms with E-state index in [9.17, 15) is 13.2 Å². The lowest BCUT2D eigenvalue weighted by Gasteiger charge is -2.13. The van der Waals surface area contributed by atoms with E-state index >= 15 is 0 Å². The van der Waals surface area contributed by atoms with Crippen LogP contribution in [0.4, 0.5) is 18.9 Å². The SMILES string of the molecule is Nc1ccc(OCc2nccs2)c(C(F)(F)F)c1. The largest absolute Gasteiger partial charge is 0.486 e. The van der Waals surface area contributed by atoms with Crippen molar-refractivity contribution < 1.29 is 17.9 Å². The highest BCUT2D eigenvalue weighted by Crippen LogP contribution is 2.37. The molecule has 0 saturated heterocycles. The Morgan fingerprint density at radius 3 is 2.72 bits per heavy atom. The van der Waals surface area contributed by atoms with Crippen LogP contribution in [0.1, 0.15) is 10.6 Å². The summed E-state index contributed by atoms with van der Waals surface area (Å²) in [5.74, 6) is -0.244.